The summed E-state index contributed by atoms with van der Waals surface area (Å²) in [4.78, 5) is 0. The first-order chi connectivity index (χ1) is 12.3. The number of nitrogens with zero attached hydrogens (tertiary/aromatic N) is 1. The molecular weight excluding hydrogens is 330 g/mol. The molecule has 1 heterocycles. The van der Waals surface area contributed by atoms with Crippen molar-refractivity contribution in [3.05, 3.63) is 29.0 Å². The third kappa shape index (κ3) is 11.6. The summed E-state index contributed by atoms with van der Waals surface area (Å²) in [5.41, 5.74) is 1.19. The van der Waals surface area contributed by atoms with Gasteiger partial charge in [-0.2, -0.15) is 4.57 Å². The molecule has 0 aliphatic rings. The second kappa shape index (κ2) is 15.6. The van der Waals surface area contributed by atoms with Gasteiger partial charge in [0.1, 0.15) is 5.02 Å². The molecule has 0 N–H and O–H groups in total. The summed E-state index contributed by atoms with van der Waals surface area (Å²) in [6.07, 6.45) is 21.5. The Bertz CT molecular complexity index is 436. The molecule has 0 radical (unpaired) electrons. The smallest absolute Gasteiger partial charge is 0.252 e. The summed E-state index contributed by atoms with van der Waals surface area (Å²) in [5.74, 6) is 0. The average Bonchev–Trinajstić information content (AvgIpc) is 2.62. The number of pyridine rings is 1. The predicted octanol–water partition coefficient (Wildman–Crippen LogP) is 6.87. The van der Waals surface area contributed by atoms with Crippen molar-refractivity contribution in [1.82, 2.24) is 0 Å². The van der Waals surface area contributed by atoms with Crippen molar-refractivity contribution in [3.8, 4) is 0 Å². The molecule has 1 aromatic rings. The van der Waals surface area contributed by atoms with Crippen LogP contribution in [0.4, 0.5) is 0 Å². The zero-order valence-corrected chi connectivity index (χ0v) is 17.3. The topological polar surface area (TPSA) is 13.1 Å². The molecule has 0 aliphatic carbocycles. The number of unbranched alkanes of at least 4 members (excludes halogenated alkanes) is 11. The van der Waals surface area contributed by atoms with Crippen molar-refractivity contribution in [2.45, 2.75) is 104 Å². The summed E-state index contributed by atoms with van der Waals surface area (Å²) in [6, 6.07) is 2.08. The Balaban J connectivity index is 1.87. The highest BCUT2D eigenvalue weighted by atomic mass is 35.5. The Hall–Kier alpha value is -0.600. The molecule has 0 aromatic carbocycles. The van der Waals surface area contributed by atoms with Gasteiger partial charge in [0.25, 0.3) is 6.73 Å². The molecule has 1 aromatic heterocycles. The molecular formula is C22H39ClNO+. The molecule has 0 saturated carbocycles. The summed E-state index contributed by atoms with van der Waals surface area (Å²) >= 11 is 6.22. The number of aromatic nitrogens is 1. The molecule has 3 heteroatoms. The molecule has 0 saturated heterocycles. The third-order valence-corrected chi connectivity index (χ3v) is 5.16. The average molecular weight is 369 g/mol. The van der Waals surface area contributed by atoms with Crippen LogP contribution in [0.2, 0.25) is 5.02 Å². The molecule has 0 bridgehead atoms. The van der Waals surface area contributed by atoms with Crippen LogP contribution in [-0.4, -0.2) is 6.61 Å². The maximum absolute atomic E-state index is 6.22. The van der Waals surface area contributed by atoms with Crippen LogP contribution in [-0.2, 0) is 17.9 Å². The SMILES string of the molecule is CCCCCCCCCCCCCCOC[n+]1ccc(CC)c(Cl)c1. The van der Waals surface area contributed by atoms with Gasteiger partial charge in [-0.3, -0.25) is 0 Å². The summed E-state index contributed by atoms with van der Waals surface area (Å²) < 4.78 is 7.76. The number of aryl methyl sites for hydroxylation is 1. The molecule has 0 atom stereocenters. The minimum absolute atomic E-state index is 0.599. The lowest BCUT2D eigenvalue weighted by atomic mass is 10.1. The largest absolute Gasteiger partial charge is 0.323 e. The highest BCUT2D eigenvalue weighted by Gasteiger charge is 2.05. The van der Waals surface area contributed by atoms with Gasteiger partial charge in [-0.1, -0.05) is 96.1 Å². The zero-order chi connectivity index (χ0) is 18.2. The molecule has 0 spiro atoms. The Kier molecular flexibility index (Phi) is 14.0. The van der Waals surface area contributed by atoms with E-state index in [2.05, 4.69) is 19.9 Å². The number of hydrogen-bond donors (Lipinski definition) is 0. The van der Waals surface area contributed by atoms with Crippen molar-refractivity contribution < 1.29 is 9.30 Å². The Labute approximate surface area is 160 Å². The predicted molar refractivity (Wildman–Crippen MR) is 108 cm³/mol. The Morgan fingerprint density at radius 2 is 1.40 bits per heavy atom. The van der Waals surface area contributed by atoms with Gasteiger partial charge in [0.05, 0.1) is 6.61 Å². The molecule has 0 amide bonds. The van der Waals surface area contributed by atoms with E-state index in [-0.39, 0.29) is 0 Å². The molecule has 0 unspecified atom stereocenters. The molecule has 1 rings (SSSR count). The summed E-state index contributed by atoms with van der Waals surface area (Å²) in [6.45, 7) is 5.85. The van der Waals surface area contributed by atoms with Gasteiger partial charge in [0.2, 0.25) is 0 Å². The minimum atomic E-state index is 0.599. The number of hydrogen-bond acceptors (Lipinski definition) is 1. The van der Waals surface area contributed by atoms with Crippen LogP contribution in [0, 0.1) is 0 Å². The first-order valence-corrected chi connectivity index (χ1v) is 10.9. The fraction of sp³-hybridized carbons (Fsp3) is 0.773. The summed E-state index contributed by atoms with van der Waals surface area (Å²) in [7, 11) is 0. The van der Waals surface area contributed by atoms with E-state index in [4.69, 9.17) is 16.3 Å². The van der Waals surface area contributed by atoms with Gasteiger partial charge in [-0.05, 0) is 18.4 Å². The van der Waals surface area contributed by atoms with Gasteiger partial charge < -0.3 is 4.74 Å². The minimum Gasteiger partial charge on any atom is -0.323 e. The fourth-order valence-electron chi connectivity index (χ4n) is 3.12. The van der Waals surface area contributed by atoms with Crippen molar-refractivity contribution in [2.75, 3.05) is 6.61 Å². The fourth-order valence-corrected chi connectivity index (χ4v) is 3.44. The highest BCUT2D eigenvalue weighted by molar-refractivity contribution is 6.31. The molecule has 0 aliphatic heterocycles. The van der Waals surface area contributed by atoms with E-state index in [0.29, 0.717) is 6.73 Å². The van der Waals surface area contributed by atoms with Gasteiger partial charge in [0.15, 0.2) is 12.4 Å². The highest BCUT2D eigenvalue weighted by Crippen LogP contribution is 2.13. The zero-order valence-electron chi connectivity index (χ0n) is 16.6. The quantitative estimate of drug-likeness (QED) is 0.229. The van der Waals surface area contributed by atoms with E-state index in [1.165, 1.54) is 82.6 Å². The Morgan fingerprint density at radius 3 is 1.92 bits per heavy atom. The molecule has 144 valence electrons. The van der Waals surface area contributed by atoms with Crippen LogP contribution in [0.15, 0.2) is 18.5 Å². The van der Waals surface area contributed by atoms with Crippen LogP contribution in [0.3, 0.4) is 0 Å². The lowest BCUT2D eigenvalue weighted by molar-refractivity contribution is -0.732. The van der Waals surface area contributed by atoms with E-state index >= 15 is 0 Å². The van der Waals surface area contributed by atoms with E-state index in [9.17, 15) is 0 Å². The number of ether oxygens (including phenoxy) is 1. The van der Waals surface area contributed by atoms with Crippen molar-refractivity contribution in [1.29, 1.82) is 0 Å². The van der Waals surface area contributed by atoms with E-state index in [1.54, 1.807) is 0 Å². The lowest BCUT2D eigenvalue weighted by Crippen LogP contribution is -2.34. The number of rotatable bonds is 16. The summed E-state index contributed by atoms with van der Waals surface area (Å²) in [5, 5.41) is 0.832. The second-order valence-electron chi connectivity index (χ2n) is 7.11. The lowest BCUT2D eigenvalue weighted by Gasteiger charge is -2.04. The van der Waals surface area contributed by atoms with Crippen molar-refractivity contribution in [3.63, 3.8) is 0 Å². The van der Waals surface area contributed by atoms with Crippen LogP contribution in [0.5, 0.6) is 0 Å². The molecule has 2 nitrogen and oxygen atoms in total. The standard InChI is InChI=1S/C22H39ClNO/c1-3-5-6-7-8-9-10-11-12-13-14-15-18-25-20-24-17-16-21(4-2)22(23)19-24/h16-17,19H,3-15,18,20H2,1-2H3/q+1. The normalized spacial score (nSPS) is 11.2. The van der Waals surface area contributed by atoms with Crippen molar-refractivity contribution in [2.24, 2.45) is 0 Å². The Morgan fingerprint density at radius 1 is 0.840 bits per heavy atom. The first-order valence-electron chi connectivity index (χ1n) is 10.5. The maximum Gasteiger partial charge on any atom is 0.252 e. The van der Waals surface area contributed by atoms with E-state index in [0.717, 1.165) is 18.1 Å². The van der Waals surface area contributed by atoms with Crippen LogP contribution >= 0.6 is 11.6 Å². The third-order valence-electron chi connectivity index (χ3n) is 4.82. The monoisotopic (exact) mass is 368 g/mol. The second-order valence-corrected chi connectivity index (χ2v) is 7.52. The first kappa shape index (κ1) is 22.4. The van der Waals surface area contributed by atoms with E-state index < -0.39 is 0 Å². The van der Waals surface area contributed by atoms with Crippen LogP contribution < -0.4 is 4.57 Å². The van der Waals surface area contributed by atoms with Gasteiger partial charge in [0, 0.05) is 6.07 Å². The molecule has 25 heavy (non-hydrogen) atoms. The van der Waals surface area contributed by atoms with Crippen LogP contribution in [0.1, 0.15) is 96.5 Å². The van der Waals surface area contributed by atoms with Gasteiger partial charge >= 0.3 is 0 Å². The van der Waals surface area contributed by atoms with E-state index in [1.807, 2.05) is 17.0 Å². The van der Waals surface area contributed by atoms with Crippen molar-refractivity contribution >= 4 is 11.6 Å². The van der Waals surface area contributed by atoms with Gasteiger partial charge in [-0.25, -0.2) is 0 Å². The maximum atomic E-state index is 6.22. The van der Waals surface area contributed by atoms with Gasteiger partial charge in [-0.15, -0.1) is 0 Å². The number of halogens is 1. The molecule has 0 fully saturated rings. The van der Waals surface area contributed by atoms with Crippen LogP contribution in [0.25, 0.3) is 0 Å².